The summed E-state index contributed by atoms with van der Waals surface area (Å²) in [5.41, 5.74) is 3.48. The molecule has 4 nitrogen and oxygen atoms in total. The Morgan fingerprint density at radius 1 is 1.08 bits per heavy atom. The van der Waals surface area contributed by atoms with Crippen LogP contribution in [0.2, 0.25) is 0 Å². The number of Topliss-reactive ketones (excluding diaryl/α,β-unsaturated/α-hetero) is 1. The third kappa shape index (κ3) is 2.80. The van der Waals surface area contributed by atoms with E-state index < -0.39 is 0 Å². The third-order valence-electron chi connectivity index (χ3n) is 4.73. The molecule has 0 fully saturated rings. The Morgan fingerprint density at radius 2 is 1.88 bits per heavy atom. The summed E-state index contributed by atoms with van der Waals surface area (Å²) in [5.74, 6) is 1.06. The Labute approximate surface area is 146 Å². The summed E-state index contributed by atoms with van der Waals surface area (Å²) < 4.78 is 7.35. The van der Waals surface area contributed by atoms with Crippen LogP contribution in [0.3, 0.4) is 0 Å². The van der Waals surface area contributed by atoms with Crippen LogP contribution in [0.4, 0.5) is 0 Å². The number of benzene rings is 2. The maximum atomic E-state index is 12.1. The molecule has 4 heteroatoms. The zero-order valence-electron chi connectivity index (χ0n) is 14.0. The number of aromatic nitrogens is 1. The van der Waals surface area contributed by atoms with Crippen molar-refractivity contribution < 1.29 is 14.6 Å². The van der Waals surface area contributed by atoms with Crippen LogP contribution in [-0.4, -0.2) is 22.6 Å². The molecule has 1 aliphatic carbocycles. The number of methoxy groups -OCH3 is 1. The van der Waals surface area contributed by atoms with E-state index in [4.69, 9.17) is 4.74 Å². The fourth-order valence-electron chi connectivity index (χ4n) is 3.38. The number of aliphatic hydroxyl groups is 1. The second-order valence-electron chi connectivity index (χ2n) is 6.31. The summed E-state index contributed by atoms with van der Waals surface area (Å²) in [7, 11) is 1.66. The van der Waals surface area contributed by atoms with Gasteiger partial charge in [0.2, 0.25) is 0 Å². The molecule has 0 saturated carbocycles. The number of carbonyl (C=O) groups is 1. The molecule has 0 radical (unpaired) electrons. The quantitative estimate of drug-likeness (QED) is 0.773. The molecule has 25 heavy (non-hydrogen) atoms. The van der Waals surface area contributed by atoms with Gasteiger partial charge in [-0.2, -0.15) is 0 Å². The number of nitrogens with zero attached hydrogens (tertiary/aromatic N) is 1. The second-order valence-corrected chi connectivity index (χ2v) is 6.31. The van der Waals surface area contributed by atoms with E-state index in [1.54, 1.807) is 7.11 Å². The van der Waals surface area contributed by atoms with Crippen LogP contribution in [0.25, 0.3) is 16.5 Å². The van der Waals surface area contributed by atoms with Gasteiger partial charge in [-0.15, -0.1) is 0 Å². The molecule has 1 heterocycles. The second kappa shape index (κ2) is 6.13. The molecule has 4 rings (SSSR count). The number of allylic oxidation sites excluding steroid dienone is 2. The lowest BCUT2D eigenvalue weighted by Crippen LogP contribution is -2.00. The van der Waals surface area contributed by atoms with Crippen molar-refractivity contribution in [2.75, 3.05) is 7.11 Å². The van der Waals surface area contributed by atoms with Crippen molar-refractivity contribution in [3.8, 4) is 5.75 Å². The van der Waals surface area contributed by atoms with Crippen molar-refractivity contribution >= 4 is 22.3 Å². The predicted octanol–water partition coefficient (Wildman–Crippen LogP) is 4.33. The van der Waals surface area contributed by atoms with Crippen molar-refractivity contribution in [2.45, 2.75) is 19.4 Å². The van der Waals surface area contributed by atoms with Gasteiger partial charge in [-0.1, -0.05) is 24.3 Å². The first-order chi connectivity index (χ1) is 12.2. The Bertz CT molecular complexity index is 980. The van der Waals surface area contributed by atoms with Gasteiger partial charge >= 0.3 is 0 Å². The van der Waals surface area contributed by atoms with Gasteiger partial charge in [0.15, 0.2) is 5.78 Å². The van der Waals surface area contributed by atoms with Gasteiger partial charge < -0.3 is 14.4 Å². The number of carbonyl (C=O) groups excluding carboxylic acids is 1. The van der Waals surface area contributed by atoms with Crippen molar-refractivity contribution in [1.82, 2.24) is 4.57 Å². The van der Waals surface area contributed by atoms with E-state index >= 15 is 0 Å². The van der Waals surface area contributed by atoms with E-state index in [1.807, 2.05) is 48.7 Å². The first kappa shape index (κ1) is 15.5. The van der Waals surface area contributed by atoms with Crippen molar-refractivity contribution in [3.05, 3.63) is 71.6 Å². The lowest BCUT2D eigenvalue weighted by Gasteiger charge is -2.09. The van der Waals surface area contributed by atoms with Crippen molar-refractivity contribution in [2.24, 2.45) is 0 Å². The smallest absolute Gasteiger partial charge is 0.167 e. The van der Waals surface area contributed by atoms with E-state index in [0.29, 0.717) is 18.4 Å². The average molecular weight is 333 g/mol. The maximum Gasteiger partial charge on any atom is 0.167 e. The molecular formula is C21H19NO3. The van der Waals surface area contributed by atoms with Crippen LogP contribution in [0.1, 0.15) is 24.0 Å². The molecule has 0 spiro atoms. The highest BCUT2D eigenvalue weighted by atomic mass is 16.5. The third-order valence-corrected chi connectivity index (χ3v) is 4.73. The van der Waals surface area contributed by atoms with Gasteiger partial charge in [0.1, 0.15) is 11.5 Å². The molecule has 1 aliphatic rings. The Kier molecular flexibility index (Phi) is 3.80. The Morgan fingerprint density at radius 3 is 2.56 bits per heavy atom. The number of fused-ring (bicyclic) bond motifs is 1. The molecule has 126 valence electrons. The summed E-state index contributed by atoms with van der Waals surface area (Å²) in [6, 6.07) is 16.0. The highest BCUT2D eigenvalue weighted by Gasteiger charge is 2.24. The van der Waals surface area contributed by atoms with Crippen LogP contribution in [0, 0.1) is 0 Å². The van der Waals surface area contributed by atoms with Crippen LogP contribution in [-0.2, 0) is 11.3 Å². The highest BCUT2D eigenvalue weighted by molar-refractivity contribution is 6.23. The highest BCUT2D eigenvalue weighted by Crippen LogP contribution is 2.31. The van der Waals surface area contributed by atoms with Gasteiger partial charge in [-0.3, -0.25) is 4.79 Å². The monoisotopic (exact) mass is 333 g/mol. The Balaban J connectivity index is 1.71. The van der Waals surface area contributed by atoms with Crippen LogP contribution >= 0.6 is 0 Å². The summed E-state index contributed by atoms with van der Waals surface area (Å²) in [5, 5.41) is 11.1. The fraction of sp³-hybridized carbons (Fsp3) is 0.190. The first-order valence-electron chi connectivity index (χ1n) is 8.33. The fourth-order valence-corrected chi connectivity index (χ4v) is 3.38. The molecule has 2 aromatic carbocycles. The molecule has 3 aromatic rings. The lowest BCUT2D eigenvalue weighted by molar-refractivity contribution is -0.113. The predicted molar refractivity (Wildman–Crippen MR) is 97.8 cm³/mol. The standard InChI is InChI=1S/C21H19NO3/c1-25-17-6-2-14(3-7-17)13-22-11-10-15-4-5-16(12-18(15)22)21-19(23)8-9-20(21)24/h2-7,10-12,23H,8-9,13H2,1H3. The number of hydrogen-bond acceptors (Lipinski definition) is 3. The number of hydrogen-bond donors (Lipinski definition) is 1. The maximum absolute atomic E-state index is 12.1. The lowest BCUT2D eigenvalue weighted by atomic mass is 10.0. The minimum Gasteiger partial charge on any atom is -0.512 e. The van der Waals surface area contributed by atoms with Gasteiger partial charge in [-0.25, -0.2) is 0 Å². The summed E-state index contributed by atoms with van der Waals surface area (Å²) >= 11 is 0. The van der Waals surface area contributed by atoms with Crippen molar-refractivity contribution in [1.29, 1.82) is 0 Å². The number of ether oxygens (including phenoxy) is 1. The average Bonchev–Trinajstić information content (AvgIpc) is 3.18. The van der Waals surface area contributed by atoms with E-state index in [-0.39, 0.29) is 11.5 Å². The van der Waals surface area contributed by atoms with Gasteiger partial charge in [0.25, 0.3) is 0 Å². The first-order valence-corrected chi connectivity index (χ1v) is 8.33. The van der Waals surface area contributed by atoms with E-state index in [9.17, 15) is 9.90 Å². The minimum absolute atomic E-state index is 0.0186. The van der Waals surface area contributed by atoms with Gasteiger partial charge in [0, 0.05) is 31.1 Å². The van der Waals surface area contributed by atoms with Crippen molar-refractivity contribution in [3.63, 3.8) is 0 Å². The largest absolute Gasteiger partial charge is 0.512 e. The van der Waals surface area contributed by atoms with Crippen LogP contribution in [0.15, 0.2) is 60.5 Å². The number of rotatable bonds is 4. The molecular weight excluding hydrogens is 314 g/mol. The molecule has 1 aromatic heterocycles. The summed E-state index contributed by atoms with van der Waals surface area (Å²) in [4.78, 5) is 12.1. The SMILES string of the molecule is COc1ccc(Cn2ccc3ccc(C4=C(O)CCC4=O)cc32)cc1. The van der Waals surface area contributed by atoms with E-state index in [2.05, 4.69) is 10.6 Å². The Hall–Kier alpha value is -3.01. The molecule has 0 atom stereocenters. The summed E-state index contributed by atoms with van der Waals surface area (Å²) in [6.07, 6.45) is 2.88. The minimum atomic E-state index is 0.0186. The molecule has 0 aliphatic heterocycles. The topological polar surface area (TPSA) is 51.5 Å². The number of ketones is 1. The molecule has 0 saturated heterocycles. The molecule has 1 N–H and O–H groups in total. The zero-order chi connectivity index (χ0) is 17.4. The molecule has 0 amide bonds. The van der Waals surface area contributed by atoms with Crippen LogP contribution in [0.5, 0.6) is 5.75 Å². The van der Waals surface area contributed by atoms with E-state index in [0.717, 1.165) is 28.8 Å². The van der Waals surface area contributed by atoms with Gasteiger partial charge in [0.05, 0.1) is 12.7 Å². The molecule has 0 bridgehead atoms. The van der Waals surface area contributed by atoms with Crippen LogP contribution < -0.4 is 4.74 Å². The number of aliphatic hydroxyl groups excluding tert-OH is 1. The zero-order valence-corrected chi connectivity index (χ0v) is 14.0. The van der Waals surface area contributed by atoms with E-state index in [1.165, 1.54) is 5.56 Å². The van der Waals surface area contributed by atoms with Gasteiger partial charge in [-0.05, 0) is 40.8 Å². The molecule has 0 unspecified atom stereocenters. The normalized spacial score (nSPS) is 14.5. The summed E-state index contributed by atoms with van der Waals surface area (Å²) in [6.45, 7) is 0.732.